The largest absolute Gasteiger partial charge is 0.473 e. The van der Waals surface area contributed by atoms with Crippen molar-refractivity contribution >= 4 is 21.8 Å². The number of rotatable bonds is 7. The maximum Gasteiger partial charge on any atom is 0.407 e. The van der Waals surface area contributed by atoms with Gasteiger partial charge in [-0.05, 0) is 18.2 Å². The van der Waals surface area contributed by atoms with Crippen LogP contribution in [-0.2, 0) is 14.6 Å². The van der Waals surface area contributed by atoms with E-state index in [1.807, 2.05) is 0 Å². The number of hydrogen-bond acceptors (Lipinski definition) is 10. The van der Waals surface area contributed by atoms with Crippen molar-refractivity contribution in [3.05, 3.63) is 35.9 Å². The van der Waals surface area contributed by atoms with Gasteiger partial charge in [0.05, 0.1) is 11.4 Å². The Kier molecular flexibility index (Phi) is 7.03. The third-order valence-electron chi connectivity index (χ3n) is 5.50. The van der Waals surface area contributed by atoms with Crippen molar-refractivity contribution in [2.75, 3.05) is 32.4 Å². The van der Waals surface area contributed by atoms with Gasteiger partial charge in [-0.3, -0.25) is 0 Å². The van der Waals surface area contributed by atoms with Gasteiger partial charge in [-0.25, -0.2) is 32.6 Å². The van der Waals surface area contributed by atoms with Crippen LogP contribution in [0.3, 0.4) is 0 Å². The molecule has 0 aliphatic carbocycles. The van der Waals surface area contributed by atoms with Gasteiger partial charge in [-0.2, -0.15) is 0 Å². The number of ether oxygens (including phenoxy) is 3. The average molecular weight is 510 g/mol. The first-order valence-corrected chi connectivity index (χ1v) is 12.6. The molecule has 1 aromatic heterocycles. The SMILES string of the molecule is CS(=O)(=O)c1ccc(Oc2ncnc(OC3CCN(C(=O)O)CC3)c2C2=NCC(CN)O2)c(F)c1. The standard InChI is InChI=1S/C21H24FN5O7S/c1-35(30,31)14-2-3-16(15(22)8-14)34-20-17(18-24-10-13(9-23)33-18)19(25-11-26-20)32-12-4-6-27(7-5-12)21(28)29/h2-3,8,11-13H,4-7,9-10,23H2,1H3,(H,28,29). The molecule has 14 heteroatoms. The first-order valence-electron chi connectivity index (χ1n) is 10.7. The van der Waals surface area contributed by atoms with Crippen molar-refractivity contribution in [3.8, 4) is 17.5 Å². The van der Waals surface area contributed by atoms with Gasteiger partial charge >= 0.3 is 6.09 Å². The van der Waals surface area contributed by atoms with Gasteiger partial charge in [0.2, 0.25) is 17.7 Å². The zero-order valence-corrected chi connectivity index (χ0v) is 19.6. The van der Waals surface area contributed by atoms with Crippen LogP contribution in [0.5, 0.6) is 17.5 Å². The molecule has 2 aromatic rings. The lowest BCUT2D eigenvalue weighted by Gasteiger charge is -2.30. The molecule has 0 saturated carbocycles. The second-order valence-electron chi connectivity index (χ2n) is 8.03. The normalized spacial score (nSPS) is 18.7. The Hall–Kier alpha value is -3.52. The van der Waals surface area contributed by atoms with Crippen LogP contribution in [0.25, 0.3) is 0 Å². The Labute approximate surface area is 200 Å². The number of amides is 1. The van der Waals surface area contributed by atoms with Crippen molar-refractivity contribution in [2.24, 2.45) is 10.7 Å². The third-order valence-corrected chi connectivity index (χ3v) is 6.61. The number of aliphatic imine (C=N–C) groups is 1. The van der Waals surface area contributed by atoms with Crippen LogP contribution in [0.15, 0.2) is 34.4 Å². The monoisotopic (exact) mass is 509 g/mol. The van der Waals surface area contributed by atoms with E-state index in [0.29, 0.717) is 25.9 Å². The summed E-state index contributed by atoms with van der Waals surface area (Å²) >= 11 is 0. The first-order chi connectivity index (χ1) is 16.7. The first kappa shape index (κ1) is 24.6. The van der Waals surface area contributed by atoms with Gasteiger partial charge in [0.1, 0.15) is 18.5 Å². The van der Waals surface area contributed by atoms with Crippen molar-refractivity contribution in [1.29, 1.82) is 0 Å². The summed E-state index contributed by atoms with van der Waals surface area (Å²) < 4.78 is 55.6. The zero-order valence-electron chi connectivity index (χ0n) is 18.8. The molecule has 2 aliphatic rings. The molecule has 4 rings (SSSR count). The fraction of sp³-hybridized carbons (Fsp3) is 0.429. The lowest BCUT2D eigenvalue weighted by molar-refractivity contribution is 0.0865. The molecule has 0 radical (unpaired) electrons. The molecule has 35 heavy (non-hydrogen) atoms. The van der Waals surface area contributed by atoms with Crippen molar-refractivity contribution in [1.82, 2.24) is 14.9 Å². The number of nitrogens with zero attached hydrogens (tertiary/aromatic N) is 4. The van der Waals surface area contributed by atoms with Gasteiger partial charge in [0.15, 0.2) is 27.0 Å². The fourth-order valence-corrected chi connectivity index (χ4v) is 4.24. The predicted octanol–water partition coefficient (Wildman–Crippen LogP) is 1.44. The molecule has 3 heterocycles. The average Bonchev–Trinajstić information content (AvgIpc) is 3.29. The van der Waals surface area contributed by atoms with Crippen LogP contribution in [0.1, 0.15) is 18.4 Å². The second-order valence-corrected chi connectivity index (χ2v) is 10.0. The molecular formula is C21H24FN5O7S. The predicted molar refractivity (Wildman–Crippen MR) is 120 cm³/mol. The summed E-state index contributed by atoms with van der Waals surface area (Å²) in [6, 6.07) is 3.25. The Morgan fingerprint density at radius 2 is 2.00 bits per heavy atom. The topological polar surface area (TPSA) is 167 Å². The number of carbonyl (C=O) groups is 1. The molecular weight excluding hydrogens is 485 g/mol. The van der Waals surface area contributed by atoms with Crippen molar-refractivity contribution < 1.29 is 36.9 Å². The Balaban J connectivity index is 1.64. The Morgan fingerprint density at radius 1 is 1.29 bits per heavy atom. The van der Waals surface area contributed by atoms with Crippen LogP contribution in [0, 0.1) is 5.82 Å². The van der Waals surface area contributed by atoms with E-state index in [2.05, 4.69) is 15.0 Å². The van der Waals surface area contributed by atoms with Crippen molar-refractivity contribution in [3.63, 3.8) is 0 Å². The van der Waals surface area contributed by atoms with Crippen LogP contribution in [0.2, 0.25) is 0 Å². The molecule has 1 aromatic carbocycles. The van der Waals surface area contributed by atoms with E-state index in [-0.39, 0.29) is 59.2 Å². The summed E-state index contributed by atoms with van der Waals surface area (Å²) in [6.07, 6.45) is 1.30. The smallest absolute Gasteiger partial charge is 0.407 e. The highest BCUT2D eigenvalue weighted by molar-refractivity contribution is 7.90. The molecule has 3 N–H and O–H groups in total. The summed E-state index contributed by atoms with van der Waals surface area (Å²) in [4.78, 5) is 24.9. The molecule has 0 spiro atoms. The second kappa shape index (κ2) is 10.00. The zero-order chi connectivity index (χ0) is 25.2. The molecule has 2 aliphatic heterocycles. The van der Waals surface area contributed by atoms with Gasteiger partial charge in [-0.1, -0.05) is 0 Å². The van der Waals surface area contributed by atoms with E-state index < -0.39 is 21.7 Å². The van der Waals surface area contributed by atoms with Crippen LogP contribution >= 0.6 is 0 Å². The number of carboxylic acid groups (broad SMARTS) is 1. The van der Waals surface area contributed by atoms with Gasteiger partial charge in [-0.15, -0.1) is 0 Å². The minimum Gasteiger partial charge on any atom is -0.473 e. The maximum atomic E-state index is 14.7. The fourth-order valence-electron chi connectivity index (χ4n) is 3.60. The van der Waals surface area contributed by atoms with Crippen molar-refractivity contribution in [2.45, 2.75) is 29.9 Å². The third kappa shape index (κ3) is 5.59. The summed E-state index contributed by atoms with van der Waals surface area (Å²) in [5.74, 6) is -1.10. The van der Waals surface area contributed by atoms with Crippen LogP contribution < -0.4 is 15.2 Å². The Morgan fingerprint density at radius 3 is 2.60 bits per heavy atom. The number of likely N-dealkylation sites (tertiary alicyclic amines) is 1. The van der Waals surface area contributed by atoms with Gasteiger partial charge in [0.25, 0.3) is 0 Å². The van der Waals surface area contributed by atoms with Crippen LogP contribution in [0.4, 0.5) is 9.18 Å². The molecule has 1 unspecified atom stereocenters. The number of halogens is 1. The number of piperidine rings is 1. The highest BCUT2D eigenvalue weighted by Crippen LogP contribution is 2.34. The lowest BCUT2D eigenvalue weighted by atomic mass is 10.1. The molecule has 12 nitrogen and oxygen atoms in total. The number of benzene rings is 1. The van der Waals surface area contributed by atoms with Gasteiger partial charge < -0.3 is 30.0 Å². The molecule has 1 atom stereocenters. The maximum absolute atomic E-state index is 14.7. The molecule has 188 valence electrons. The summed E-state index contributed by atoms with van der Waals surface area (Å²) in [5.41, 5.74) is 5.84. The number of nitrogens with two attached hydrogens (primary N) is 1. The highest BCUT2D eigenvalue weighted by Gasteiger charge is 2.31. The molecule has 1 amide bonds. The van der Waals surface area contributed by atoms with E-state index in [1.165, 1.54) is 23.4 Å². The quantitative estimate of drug-likeness (QED) is 0.557. The van der Waals surface area contributed by atoms with E-state index >= 15 is 0 Å². The minimum absolute atomic E-state index is 0.0772. The summed E-state index contributed by atoms with van der Waals surface area (Å²) in [5, 5.41) is 9.15. The van der Waals surface area contributed by atoms with Gasteiger partial charge in [0, 0.05) is 38.7 Å². The lowest BCUT2D eigenvalue weighted by Crippen LogP contribution is -2.41. The molecule has 1 fully saturated rings. The summed E-state index contributed by atoms with van der Waals surface area (Å²) in [7, 11) is -3.61. The number of aromatic nitrogens is 2. The summed E-state index contributed by atoms with van der Waals surface area (Å²) in [6.45, 7) is 1.10. The molecule has 0 bridgehead atoms. The van der Waals surface area contributed by atoms with Crippen LogP contribution in [-0.4, -0.2) is 85.0 Å². The van der Waals surface area contributed by atoms with E-state index in [9.17, 15) is 17.6 Å². The highest BCUT2D eigenvalue weighted by atomic mass is 32.2. The number of hydrogen-bond donors (Lipinski definition) is 2. The van der Waals surface area contributed by atoms with E-state index in [0.717, 1.165) is 12.3 Å². The van der Waals surface area contributed by atoms with E-state index in [4.69, 9.17) is 25.1 Å². The number of sulfone groups is 1. The molecule has 1 saturated heterocycles. The van der Waals surface area contributed by atoms with E-state index in [1.54, 1.807) is 0 Å². The Bertz CT molecular complexity index is 1250. The minimum atomic E-state index is -3.61.